The van der Waals surface area contributed by atoms with Crippen LogP contribution in [0.2, 0.25) is 0 Å². The first-order valence-electron chi connectivity index (χ1n) is 7.52. The van der Waals surface area contributed by atoms with Gasteiger partial charge in [0.1, 0.15) is 5.69 Å². The van der Waals surface area contributed by atoms with E-state index in [9.17, 15) is 0 Å². The summed E-state index contributed by atoms with van der Waals surface area (Å²) in [6.45, 7) is 4.13. The zero-order chi connectivity index (χ0) is 14.9. The molecule has 3 aromatic heterocycles. The van der Waals surface area contributed by atoms with Gasteiger partial charge in [0.2, 0.25) is 0 Å². The van der Waals surface area contributed by atoms with Crippen molar-refractivity contribution in [3.05, 3.63) is 42.6 Å². The molecule has 4 rings (SSSR count). The highest BCUT2D eigenvalue weighted by Gasteiger charge is 2.16. The van der Waals surface area contributed by atoms with E-state index in [1.165, 1.54) is 0 Å². The monoisotopic (exact) mass is 294 g/mol. The molecule has 0 unspecified atom stereocenters. The predicted octanol–water partition coefficient (Wildman–Crippen LogP) is 1.54. The molecule has 6 nitrogen and oxygen atoms in total. The van der Waals surface area contributed by atoms with Gasteiger partial charge in [-0.25, -0.2) is 4.52 Å². The smallest absolute Gasteiger partial charge is 0.151 e. The summed E-state index contributed by atoms with van der Waals surface area (Å²) >= 11 is 0. The minimum atomic E-state index is 0.840. The molecule has 0 bridgehead atoms. The molecule has 0 saturated carbocycles. The third-order valence-electron chi connectivity index (χ3n) is 4.16. The summed E-state index contributed by atoms with van der Waals surface area (Å²) < 4.78 is 1.89. The summed E-state index contributed by atoms with van der Waals surface area (Å²) in [5.74, 6) is 0.949. The first-order chi connectivity index (χ1) is 10.8. The van der Waals surface area contributed by atoms with Crippen LogP contribution in [0, 0.1) is 0 Å². The average molecular weight is 294 g/mol. The summed E-state index contributed by atoms with van der Waals surface area (Å²) in [5, 5.41) is 13.2. The lowest BCUT2D eigenvalue weighted by Crippen LogP contribution is -2.44. The summed E-state index contributed by atoms with van der Waals surface area (Å²) in [5.41, 5.74) is 2.86. The third-order valence-corrected chi connectivity index (χ3v) is 4.16. The van der Waals surface area contributed by atoms with Crippen molar-refractivity contribution in [1.82, 2.24) is 24.7 Å². The van der Waals surface area contributed by atoms with E-state index in [4.69, 9.17) is 0 Å². The van der Waals surface area contributed by atoms with Gasteiger partial charge in [-0.2, -0.15) is 5.10 Å². The molecule has 1 fully saturated rings. The topological polar surface area (TPSA) is 49.6 Å². The molecule has 4 heterocycles. The van der Waals surface area contributed by atoms with E-state index in [1.807, 2.05) is 34.8 Å². The van der Waals surface area contributed by atoms with Crippen molar-refractivity contribution in [2.24, 2.45) is 0 Å². The van der Waals surface area contributed by atoms with Crippen LogP contribution in [0.15, 0.2) is 42.6 Å². The normalized spacial score (nSPS) is 16.3. The van der Waals surface area contributed by atoms with Crippen LogP contribution < -0.4 is 4.90 Å². The van der Waals surface area contributed by atoms with Crippen LogP contribution >= 0.6 is 0 Å². The van der Waals surface area contributed by atoms with E-state index in [-0.39, 0.29) is 0 Å². The van der Waals surface area contributed by atoms with Gasteiger partial charge >= 0.3 is 0 Å². The molecule has 0 atom stereocenters. The van der Waals surface area contributed by atoms with Crippen LogP contribution in [-0.4, -0.2) is 57.9 Å². The fourth-order valence-corrected chi connectivity index (χ4v) is 2.81. The second-order valence-electron chi connectivity index (χ2n) is 5.65. The van der Waals surface area contributed by atoms with Crippen molar-refractivity contribution in [1.29, 1.82) is 0 Å². The third kappa shape index (κ3) is 2.31. The van der Waals surface area contributed by atoms with Crippen LogP contribution in [0.3, 0.4) is 0 Å². The molecular weight excluding hydrogens is 276 g/mol. The Hall–Kier alpha value is -2.47. The van der Waals surface area contributed by atoms with E-state index in [0.717, 1.165) is 48.9 Å². The van der Waals surface area contributed by atoms with Gasteiger partial charge in [0.15, 0.2) is 5.82 Å². The van der Waals surface area contributed by atoms with Crippen molar-refractivity contribution < 1.29 is 0 Å². The van der Waals surface area contributed by atoms with Crippen LogP contribution in [0.5, 0.6) is 0 Å². The Morgan fingerprint density at radius 3 is 2.55 bits per heavy atom. The minimum absolute atomic E-state index is 0.840. The van der Waals surface area contributed by atoms with Crippen molar-refractivity contribution in [2.45, 2.75) is 0 Å². The van der Waals surface area contributed by atoms with Gasteiger partial charge in [0, 0.05) is 26.2 Å². The van der Waals surface area contributed by atoms with E-state index < -0.39 is 0 Å². The molecule has 1 aliphatic heterocycles. The zero-order valence-corrected chi connectivity index (χ0v) is 12.6. The molecule has 0 spiro atoms. The van der Waals surface area contributed by atoms with Crippen molar-refractivity contribution in [3.8, 4) is 11.4 Å². The van der Waals surface area contributed by atoms with Gasteiger partial charge in [0.05, 0.1) is 17.4 Å². The maximum Gasteiger partial charge on any atom is 0.151 e. The van der Waals surface area contributed by atoms with Crippen molar-refractivity contribution in [3.63, 3.8) is 0 Å². The number of anilines is 1. The fourth-order valence-electron chi connectivity index (χ4n) is 2.81. The summed E-state index contributed by atoms with van der Waals surface area (Å²) in [6, 6.07) is 12.1. The Bertz CT molecular complexity index is 771. The van der Waals surface area contributed by atoms with Gasteiger partial charge in [-0.05, 0) is 37.4 Å². The Morgan fingerprint density at radius 2 is 1.77 bits per heavy atom. The standard InChI is InChI=1S/C16H18N6/c1-20-9-11-21(12-10-20)16-6-5-14(18-19-16)15-4-2-3-13-7-8-17-22(13)15/h2-8H,9-12H2,1H3. The fraction of sp³-hybridized carbons (Fsp3) is 0.312. The number of pyridine rings is 1. The molecule has 0 aliphatic carbocycles. The van der Waals surface area contributed by atoms with E-state index >= 15 is 0 Å². The molecule has 3 aromatic rings. The molecule has 22 heavy (non-hydrogen) atoms. The van der Waals surface area contributed by atoms with E-state index in [2.05, 4.69) is 38.2 Å². The molecule has 1 saturated heterocycles. The second kappa shape index (κ2) is 5.38. The van der Waals surface area contributed by atoms with E-state index in [0.29, 0.717) is 0 Å². The molecule has 0 radical (unpaired) electrons. The van der Waals surface area contributed by atoms with Crippen LogP contribution in [0.25, 0.3) is 16.9 Å². The largest absolute Gasteiger partial charge is 0.353 e. The summed E-state index contributed by atoms with van der Waals surface area (Å²) in [4.78, 5) is 4.61. The first-order valence-corrected chi connectivity index (χ1v) is 7.52. The average Bonchev–Trinajstić information content (AvgIpc) is 3.04. The minimum Gasteiger partial charge on any atom is -0.353 e. The number of rotatable bonds is 2. The van der Waals surface area contributed by atoms with Crippen LogP contribution in [0.1, 0.15) is 0 Å². The maximum absolute atomic E-state index is 4.41. The number of fused-ring (bicyclic) bond motifs is 1. The second-order valence-corrected chi connectivity index (χ2v) is 5.65. The summed E-state index contributed by atoms with van der Waals surface area (Å²) in [7, 11) is 2.15. The maximum atomic E-state index is 4.41. The van der Waals surface area contributed by atoms with Crippen molar-refractivity contribution in [2.75, 3.05) is 38.1 Å². The van der Waals surface area contributed by atoms with Gasteiger partial charge in [-0.1, -0.05) is 6.07 Å². The Kier molecular flexibility index (Phi) is 3.23. The quantitative estimate of drug-likeness (QED) is 0.717. The van der Waals surface area contributed by atoms with Gasteiger partial charge < -0.3 is 9.80 Å². The molecule has 1 aliphatic rings. The molecule has 6 heteroatoms. The van der Waals surface area contributed by atoms with Crippen LogP contribution in [0.4, 0.5) is 5.82 Å². The highest BCUT2D eigenvalue weighted by molar-refractivity contribution is 5.61. The molecule has 0 amide bonds. The lowest BCUT2D eigenvalue weighted by atomic mass is 10.2. The lowest BCUT2D eigenvalue weighted by Gasteiger charge is -2.32. The highest BCUT2D eigenvalue weighted by Crippen LogP contribution is 2.20. The Labute approximate surface area is 129 Å². The Morgan fingerprint density at radius 1 is 0.909 bits per heavy atom. The number of nitrogens with zero attached hydrogens (tertiary/aromatic N) is 6. The molecule has 0 N–H and O–H groups in total. The van der Waals surface area contributed by atoms with Gasteiger partial charge in [-0.3, -0.25) is 0 Å². The molecule has 0 aromatic carbocycles. The SMILES string of the molecule is CN1CCN(c2ccc(-c3cccc4ccnn34)nn2)CC1. The van der Waals surface area contributed by atoms with Crippen molar-refractivity contribution >= 4 is 11.3 Å². The number of aromatic nitrogens is 4. The lowest BCUT2D eigenvalue weighted by molar-refractivity contribution is 0.312. The summed E-state index contributed by atoms with van der Waals surface area (Å²) in [6.07, 6.45) is 1.80. The number of piperazine rings is 1. The predicted molar refractivity (Wildman–Crippen MR) is 85.9 cm³/mol. The Balaban J connectivity index is 1.63. The first kappa shape index (κ1) is 13.2. The van der Waals surface area contributed by atoms with E-state index in [1.54, 1.807) is 6.20 Å². The van der Waals surface area contributed by atoms with Crippen LogP contribution in [-0.2, 0) is 0 Å². The number of hydrogen-bond donors (Lipinski definition) is 0. The number of likely N-dealkylation sites (N-methyl/N-ethyl adjacent to an activating group) is 1. The zero-order valence-electron chi connectivity index (χ0n) is 12.6. The van der Waals surface area contributed by atoms with Gasteiger partial charge in [-0.15, -0.1) is 10.2 Å². The number of hydrogen-bond acceptors (Lipinski definition) is 5. The van der Waals surface area contributed by atoms with Gasteiger partial charge in [0.25, 0.3) is 0 Å². The molecular formula is C16H18N6. The molecule has 112 valence electrons. The highest BCUT2D eigenvalue weighted by atomic mass is 15.3.